The lowest BCUT2D eigenvalue weighted by Gasteiger charge is -2.10. The molecule has 0 atom stereocenters. The van der Waals surface area contributed by atoms with Crippen molar-refractivity contribution in [1.82, 2.24) is 9.55 Å². The average molecular weight is 403 g/mol. The van der Waals surface area contributed by atoms with Gasteiger partial charge in [0.05, 0.1) is 11.0 Å². The van der Waals surface area contributed by atoms with Crippen LogP contribution in [0.15, 0.2) is 109 Å². The van der Waals surface area contributed by atoms with E-state index in [1.807, 2.05) is 0 Å². The number of fused-ring (bicyclic) bond motifs is 1. The first kappa shape index (κ1) is 19.3. The molecule has 0 bridgehead atoms. The first-order valence-corrected chi connectivity index (χ1v) is 11.0. The van der Waals surface area contributed by atoms with E-state index in [9.17, 15) is 0 Å². The van der Waals surface area contributed by atoms with Crippen LogP contribution in [0.25, 0.3) is 22.2 Å². The van der Waals surface area contributed by atoms with Gasteiger partial charge in [-0.2, -0.15) is 0 Å². The third-order valence-electron chi connectivity index (χ3n) is 5.85. The molecule has 0 amide bonds. The zero-order chi connectivity index (χ0) is 20.9. The summed E-state index contributed by atoms with van der Waals surface area (Å²) in [5.74, 6) is 1.14. The standard InChI is InChI=1S/C29H26N2/c1-3-10-23(11-4-1)12-9-21-31-28-16-8-7-15-27(28)30-29(31)22-24-17-19-26(20-18-24)25-13-5-2-6-14-25/h1-8,10-11,13-20H,9,12,21-22H2. The van der Waals surface area contributed by atoms with Crippen molar-refractivity contribution in [2.45, 2.75) is 25.8 Å². The molecule has 0 saturated heterocycles. The van der Waals surface area contributed by atoms with E-state index in [4.69, 9.17) is 4.98 Å². The van der Waals surface area contributed by atoms with Gasteiger partial charge in [0.15, 0.2) is 0 Å². The Hall–Kier alpha value is -3.65. The van der Waals surface area contributed by atoms with Gasteiger partial charge in [-0.05, 0) is 47.2 Å². The van der Waals surface area contributed by atoms with E-state index in [1.165, 1.54) is 27.8 Å². The van der Waals surface area contributed by atoms with E-state index in [0.717, 1.165) is 37.1 Å². The van der Waals surface area contributed by atoms with Gasteiger partial charge in [-0.3, -0.25) is 0 Å². The molecule has 0 saturated carbocycles. The summed E-state index contributed by atoms with van der Waals surface area (Å²) in [5.41, 5.74) is 7.50. The van der Waals surface area contributed by atoms with Gasteiger partial charge in [0.1, 0.15) is 5.82 Å². The highest BCUT2D eigenvalue weighted by molar-refractivity contribution is 5.76. The third-order valence-corrected chi connectivity index (χ3v) is 5.85. The minimum absolute atomic E-state index is 0.842. The second-order valence-corrected chi connectivity index (χ2v) is 8.00. The van der Waals surface area contributed by atoms with Crippen molar-refractivity contribution in [2.24, 2.45) is 0 Å². The summed E-state index contributed by atoms with van der Waals surface area (Å²) in [7, 11) is 0. The van der Waals surface area contributed by atoms with Gasteiger partial charge in [0.25, 0.3) is 0 Å². The maximum absolute atomic E-state index is 4.98. The fourth-order valence-electron chi connectivity index (χ4n) is 4.22. The van der Waals surface area contributed by atoms with E-state index in [0.29, 0.717) is 0 Å². The molecule has 2 heteroatoms. The molecule has 0 aliphatic heterocycles. The molecule has 4 aromatic carbocycles. The van der Waals surface area contributed by atoms with Gasteiger partial charge in [-0.15, -0.1) is 0 Å². The summed E-state index contributed by atoms with van der Waals surface area (Å²) in [6, 6.07) is 38.6. The van der Waals surface area contributed by atoms with Crippen molar-refractivity contribution in [2.75, 3.05) is 0 Å². The Balaban J connectivity index is 1.37. The van der Waals surface area contributed by atoms with Gasteiger partial charge >= 0.3 is 0 Å². The Labute approximate surface area is 183 Å². The van der Waals surface area contributed by atoms with Crippen LogP contribution in [-0.2, 0) is 19.4 Å². The maximum Gasteiger partial charge on any atom is 0.114 e. The fraction of sp³-hybridized carbons (Fsp3) is 0.138. The monoisotopic (exact) mass is 402 g/mol. The van der Waals surface area contributed by atoms with Gasteiger partial charge < -0.3 is 4.57 Å². The van der Waals surface area contributed by atoms with Crippen LogP contribution in [-0.4, -0.2) is 9.55 Å². The van der Waals surface area contributed by atoms with Crippen LogP contribution >= 0.6 is 0 Å². The molecule has 0 unspecified atom stereocenters. The molecule has 0 aliphatic carbocycles. The molecule has 0 N–H and O–H groups in total. The second-order valence-electron chi connectivity index (χ2n) is 8.00. The Kier molecular flexibility index (Phi) is 5.62. The van der Waals surface area contributed by atoms with Crippen LogP contribution in [0.4, 0.5) is 0 Å². The molecule has 5 rings (SSSR count). The minimum atomic E-state index is 0.842. The first-order valence-electron chi connectivity index (χ1n) is 11.0. The molecule has 1 heterocycles. The van der Waals surface area contributed by atoms with E-state index >= 15 is 0 Å². The number of aromatic nitrogens is 2. The molecule has 152 valence electrons. The number of hydrogen-bond donors (Lipinski definition) is 0. The van der Waals surface area contributed by atoms with Crippen LogP contribution in [0, 0.1) is 0 Å². The predicted octanol–water partition coefficient (Wildman–Crippen LogP) is 6.93. The Bertz CT molecular complexity index is 1250. The molecule has 5 aromatic rings. The number of rotatable bonds is 7. The smallest absolute Gasteiger partial charge is 0.114 e. The van der Waals surface area contributed by atoms with E-state index in [1.54, 1.807) is 0 Å². The van der Waals surface area contributed by atoms with Crippen LogP contribution in [0.1, 0.15) is 23.4 Å². The predicted molar refractivity (Wildman–Crippen MR) is 129 cm³/mol. The largest absolute Gasteiger partial charge is 0.328 e. The van der Waals surface area contributed by atoms with Crippen molar-refractivity contribution in [3.05, 3.63) is 126 Å². The Morgan fingerprint density at radius 1 is 0.581 bits per heavy atom. The number of hydrogen-bond acceptors (Lipinski definition) is 1. The highest BCUT2D eigenvalue weighted by atomic mass is 15.1. The number of aryl methyl sites for hydroxylation is 2. The summed E-state index contributed by atoms with van der Waals surface area (Å²) in [4.78, 5) is 4.98. The molecule has 0 radical (unpaired) electrons. The summed E-state index contributed by atoms with van der Waals surface area (Å²) >= 11 is 0. The van der Waals surface area contributed by atoms with Crippen molar-refractivity contribution >= 4 is 11.0 Å². The molecule has 0 fully saturated rings. The van der Waals surface area contributed by atoms with Gasteiger partial charge in [-0.1, -0.05) is 97.1 Å². The van der Waals surface area contributed by atoms with Crippen LogP contribution in [0.2, 0.25) is 0 Å². The van der Waals surface area contributed by atoms with Gasteiger partial charge in [0, 0.05) is 13.0 Å². The van der Waals surface area contributed by atoms with E-state index in [2.05, 4.69) is 114 Å². The number of nitrogens with zero attached hydrogens (tertiary/aromatic N) is 2. The highest BCUT2D eigenvalue weighted by Crippen LogP contribution is 2.23. The molecule has 0 spiro atoms. The summed E-state index contributed by atoms with van der Waals surface area (Å²) < 4.78 is 2.41. The highest BCUT2D eigenvalue weighted by Gasteiger charge is 2.11. The second kappa shape index (κ2) is 9.01. The quantitative estimate of drug-likeness (QED) is 0.289. The fourth-order valence-corrected chi connectivity index (χ4v) is 4.22. The lowest BCUT2D eigenvalue weighted by atomic mass is 10.0. The summed E-state index contributed by atoms with van der Waals surface area (Å²) in [5, 5.41) is 0. The lowest BCUT2D eigenvalue weighted by Crippen LogP contribution is -2.06. The van der Waals surface area contributed by atoms with Crippen LogP contribution in [0.3, 0.4) is 0 Å². The lowest BCUT2D eigenvalue weighted by molar-refractivity contribution is 0.632. The maximum atomic E-state index is 4.98. The number of imidazole rings is 1. The number of benzene rings is 4. The minimum Gasteiger partial charge on any atom is -0.328 e. The van der Waals surface area contributed by atoms with Crippen molar-refractivity contribution in [1.29, 1.82) is 0 Å². The summed E-state index contributed by atoms with van der Waals surface area (Å²) in [6.45, 7) is 0.979. The molecule has 0 aliphatic rings. The third kappa shape index (κ3) is 4.44. The Morgan fingerprint density at radius 2 is 1.23 bits per heavy atom. The first-order chi connectivity index (χ1) is 15.4. The topological polar surface area (TPSA) is 17.8 Å². The van der Waals surface area contributed by atoms with E-state index < -0.39 is 0 Å². The van der Waals surface area contributed by atoms with E-state index in [-0.39, 0.29) is 0 Å². The normalized spacial score (nSPS) is 11.1. The van der Waals surface area contributed by atoms with Gasteiger partial charge in [0.2, 0.25) is 0 Å². The average Bonchev–Trinajstić information content (AvgIpc) is 3.18. The SMILES string of the molecule is c1ccc(CCCn2c(Cc3ccc(-c4ccccc4)cc3)nc3ccccc32)cc1. The van der Waals surface area contributed by atoms with Crippen molar-refractivity contribution in [3.8, 4) is 11.1 Å². The Morgan fingerprint density at radius 3 is 2.00 bits per heavy atom. The van der Waals surface area contributed by atoms with Gasteiger partial charge in [-0.25, -0.2) is 4.98 Å². The van der Waals surface area contributed by atoms with Crippen molar-refractivity contribution < 1.29 is 0 Å². The zero-order valence-electron chi connectivity index (χ0n) is 17.6. The molecule has 1 aromatic heterocycles. The molecule has 2 nitrogen and oxygen atoms in total. The molecular formula is C29H26N2. The summed E-state index contributed by atoms with van der Waals surface area (Å²) in [6.07, 6.45) is 3.03. The molecule has 31 heavy (non-hydrogen) atoms. The zero-order valence-corrected chi connectivity index (χ0v) is 17.6. The molecular weight excluding hydrogens is 376 g/mol. The van der Waals surface area contributed by atoms with Crippen LogP contribution < -0.4 is 0 Å². The van der Waals surface area contributed by atoms with Crippen LogP contribution in [0.5, 0.6) is 0 Å². The van der Waals surface area contributed by atoms with Crippen molar-refractivity contribution in [3.63, 3.8) is 0 Å². The number of para-hydroxylation sites is 2.